The number of nitrogens with zero attached hydrogens (tertiary/aromatic N) is 2. The van der Waals surface area contributed by atoms with Crippen LogP contribution < -0.4 is 5.32 Å². The van der Waals surface area contributed by atoms with Gasteiger partial charge in [-0.05, 0) is 74.0 Å². The highest BCUT2D eigenvalue weighted by atomic mass is 79.9. The van der Waals surface area contributed by atoms with Crippen LogP contribution in [0.25, 0.3) is 0 Å². The zero-order valence-electron chi connectivity index (χ0n) is 15.0. The zero-order chi connectivity index (χ0) is 18.4. The Labute approximate surface area is 176 Å². The normalized spacial score (nSPS) is 31.2. The number of benzene rings is 1. The molecule has 6 rings (SSSR count). The molecule has 0 spiro atoms. The van der Waals surface area contributed by atoms with E-state index < -0.39 is 0 Å². The van der Waals surface area contributed by atoms with E-state index in [1.807, 2.05) is 12.1 Å². The number of halogens is 1. The first-order valence-corrected chi connectivity index (χ1v) is 12.2. The average Bonchev–Trinajstić information content (AvgIpc) is 3.07. The summed E-state index contributed by atoms with van der Waals surface area (Å²) in [4.78, 5) is 13.1. The summed E-state index contributed by atoms with van der Waals surface area (Å²) < 4.78 is 1.99. The van der Waals surface area contributed by atoms with E-state index in [4.69, 9.17) is 0 Å². The molecule has 4 saturated carbocycles. The molecule has 0 unspecified atom stereocenters. The summed E-state index contributed by atoms with van der Waals surface area (Å²) in [5.41, 5.74) is 1.11. The fraction of sp³-hybridized carbons (Fsp3) is 0.550. The van der Waals surface area contributed by atoms with E-state index in [0.29, 0.717) is 5.13 Å². The minimum atomic E-state index is -0.134. The van der Waals surface area contributed by atoms with Crippen molar-refractivity contribution in [3.63, 3.8) is 0 Å². The molecule has 7 heteroatoms. The van der Waals surface area contributed by atoms with Crippen molar-refractivity contribution in [2.24, 2.45) is 23.2 Å². The largest absolute Gasteiger partial charge is 0.300 e. The Hall–Kier alpha value is -0.920. The maximum atomic E-state index is 13.1. The molecule has 1 amide bonds. The van der Waals surface area contributed by atoms with E-state index in [9.17, 15) is 4.79 Å². The Kier molecular flexibility index (Phi) is 4.81. The smallest absolute Gasteiger partial charge is 0.232 e. The SMILES string of the molecule is O=C(Nc1nnc(SCc2ccc(Br)cc2)s1)C12CC3CC(CC(C3)C1)C2. The Bertz CT molecular complexity index is 816. The molecule has 0 radical (unpaired) electrons. The number of thioether (sulfide) groups is 1. The summed E-state index contributed by atoms with van der Waals surface area (Å²) in [6.45, 7) is 0. The van der Waals surface area contributed by atoms with Crippen LogP contribution in [-0.2, 0) is 10.5 Å². The molecule has 27 heavy (non-hydrogen) atoms. The summed E-state index contributed by atoms with van der Waals surface area (Å²) in [5, 5.41) is 12.2. The quantitative estimate of drug-likeness (QED) is 0.452. The van der Waals surface area contributed by atoms with Gasteiger partial charge in [0.25, 0.3) is 0 Å². The van der Waals surface area contributed by atoms with Gasteiger partial charge < -0.3 is 5.32 Å². The minimum absolute atomic E-state index is 0.134. The second-order valence-corrected chi connectivity index (χ2v) is 11.6. The maximum absolute atomic E-state index is 13.1. The van der Waals surface area contributed by atoms with Gasteiger partial charge in [0.05, 0.1) is 5.41 Å². The van der Waals surface area contributed by atoms with Crippen LogP contribution in [0.2, 0.25) is 0 Å². The summed E-state index contributed by atoms with van der Waals surface area (Å²) in [7, 11) is 0. The van der Waals surface area contributed by atoms with E-state index >= 15 is 0 Å². The monoisotopic (exact) mass is 463 g/mol. The fourth-order valence-corrected chi connectivity index (χ4v) is 7.63. The van der Waals surface area contributed by atoms with E-state index in [0.717, 1.165) is 51.6 Å². The lowest BCUT2D eigenvalue weighted by molar-refractivity contribution is -0.140. The second-order valence-electron chi connectivity index (χ2n) is 8.44. The molecule has 1 heterocycles. The third-order valence-corrected chi connectivity index (χ3v) is 8.99. The molecule has 1 aromatic heterocycles. The molecule has 2 aromatic rings. The number of nitrogens with one attached hydrogen (secondary N) is 1. The lowest BCUT2D eigenvalue weighted by Gasteiger charge is -2.55. The number of carbonyl (C=O) groups is 1. The summed E-state index contributed by atoms with van der Waals surface area (Å²) in [5.74, 6) is 3.36. The highest BCUT2D eigenvalue weighted by Gasteiger charge is 2.54. The summed E-state index contributed by atoms with van der Waals surface area (Å²) in [6.07, 6.45) is 7.28. The van der Waals surface area contributed by atoms with E-state index in [1.54, 1.807) is 11.8 Å². The van der Waals surface area contributed by atoms with E-state index in [1.165, 1.54) is 36.2 Å². The topological polar surface area (TPSA) is 54.9 Å². The van der Waals surface area contributed by atoms with Gasteiger partial charge in [-0.25, -0.2) is 0 Å². The number of rotatable bonds is 5. The molecule has 4 fully saturated rings. The van der Waals surface area contributed by atoms with Gasteiger partial charge in [0, 0.05) is 10.2 Å². The fourth-order valence-electron chi connectivity index (χ4n) is 5.66. The molecule has 4 nitrogen and oxygen atoms in total. The third-order valence-electron chi connectivity index (χ3n) is 6.42. The van der Waals surface area contributed by atoms with E-state index in [2.05, 4.69) is 43.6 Å². The van der Waals surface area contributed by atoms with Crippen LogP contribution in [0.3, 0.4) is 0 Å². The van der Waals surface area contributed by atoms with Crippen LogP contribution in [0.5, 0.6) is 0 Å². The number of amides is 1. The number of anilines is 1. The first kappa shape index (κ1) is 18.1. The van der Waals surface area contributed by atoms with Crippen molar-refractivity contribution in [3.8, 4) is 0 Å². The van der Waals surface area contributed by atoms with Gasteiger partial charge in [0.15, 0.2) is 4.34 Å². The molecular weight excluding hydrogens is 442 g/mol. The highest BCUT2D eigenvalue weighted by molar-refractivity contribution is 9.10. The van der Waals surface area contributed by atoms with Crippen LogP contribution in [0.1, 0.15) is 44.1 Å². The predicted octanol–water partition coefficient (Wildman–Crippen LogP) is 5.75. The number of carbonyl (C=O) groups excluding carboxylic acids is 1. The number of hydrogen-bond acceptors (Lipinski definition) is 5. The van der Waals surface area contributed by atoms with Crippen molar-refractivity contribution in [1.82, 2.24) is 10.2 Å². The van der Waals surface area contributed by atoms with Gasteiger partial charge in [-0.1, -0.05) is 51.2 Å². The van der Waals surface area contributed by atoms with Gasteiger partial charge in [0.2, 0.25) is 11.0 Å². The van der Waals surface area contributed by atoms with Gasteiger partial charge in [0.1, 0.15) is 0 Å². The highest BCUT2D eigenvalue weighted by Crippen LogP contribution is 2.60. The van der Waals surface area contributed by atoms with Crippen LogP contribution in [0.4, 0.5) is 5.13 Å². The molecule has 0 atom stereocenters. The first-order chi connectivity index (χ1) is 13.1. The molecule has 4 bridgehead atoms. The van der Waals surface area contributed by atoms with Crippen molar-refractivity contribution in [2.75, 3.05) is 5.32 Å². The van der Waals surface area contributed by atoms with Gasteiger partial charge >= 0.3 is 0 Å². The van der Waals surface area contributed by atoms with Crippen molar-refractivity contribution in [1.29, 1.82) is 0 Å². The maximum Gasteiger partial charge on any atom is 0.232 e. The van der Waals surface area contributed by atoms with Crippen LogP contribution in [0, 0.1) is 23.2 Å². The second kappa shape index (κ2) is 7.16. The van der Waals surface area contributed by atoms with Gasteiger partial charge in [-0.15, -0.1) is 10.2 Å². The minimum Gasteiger partial charge on any atom is -0.300 e. The molecule has 4 aliphatic carbocycles. The molecule has 0 aliphatic heterocycles. The van der Waals surface area contributed by atoms with Crippen molar-refractivity contribution < 1.29 is 4.79 Å². The van der Waals surface area contributed by atoms with Crippen molar-refractivity contribution >= 4 is 50.1 Å². The molecule has 4 aliphatic rings. The number of aromatic nitrogens is 2. The number of hydrogen-bond donors (Lipinski definition) is 1. The zero-order valence-corrected chi connectivity index (χ0v) is 18.2. The lowest BCUT2D eigenvalue weighted by atomic mass is 9.49. The van der Waals surface area contributed by atoms with Crippen LogP contribution in [-0.4, -0.2) is 16.1 Å². The van der Waals surface area contributed by atoms with E-state index in [-0.39, 0.29) is 11.3 Å². The standard InChI is InChI=1S/C20H22BrN3OS2/c21-16-3-1-12(2-4-16)11-26-19-24-23-18(27-19)22-17(25)20-8-13-5-14(9-20)7-15(6-13)10-20/h1-4,13-15H,5-11H2,(H,22,23,25). The average molecular weight is 464 g/mol. The van der Waals surface area contributed by atoms with Crippen molar-refractivity contribution in [2.45, 2.75) is 48.6 Å². The molecule has 1 aromatic carbocycles. The predicted molar refractivity (Wildman–Crippen MR) is 113 cm³/mol. The first-order valence-electron chi connectivity index (χ1n) is 9.60. The summed E-state index contributed by atoms with van der Waals surface area (Å²) >= 11 is 6.61. The lowest BCUT2D eigenvalue weighted by Crippen LogP contribution is -2.51. The molecule has 0 saturated heterocycles. The van der Waals surface area contributed by atoms with Crippen molar-refractivity contribution in [3.05, 3.63) is 34.3 Å². The van der Waals surface area contributed by atoms with Gasteiger partial charge in [-0.3, -0.25) is 4.79 Å². The summed E-state index contributed by atoms with van der Waals surface area (Å²) in [6, 6.07) is 8.31. The Morgan fingerprint density at radius 1 is 1.11 bits per heavy atom. The van der Waals surface area contributed by atoms with Crippen LogP contribution in [0.15, 0.2) is 33.1 Å². The Morgan fingerprint density at radius 2 is 1.74 bits per heavy atom. The van der Waals surface area contributed by atoms with Crippen LogP contribution >= 0.6 is 39.0 Å². The Balaban J connectivity index is 1.22. The molecule has 1 N–H and O–H groups in total. The van der Waals surface area contributed by atoms with Gasteiger partial charge in [-0.2, -0.15) is 0 Å². The molecular formula is C20H22BrN3OS2. The Morgan fingerprint density at radius 3 is 2.37 bits per heavy atom. The molecule has 142 valence electrons. The third kappa shape index (κ3) is 3.70.